The molecular weight excluding hydrogens is 427 g/mol. The average molecular weight is 447 g/mol. The van der Waals surface area contributed by atoms with Crippen LogP contribution in [-0.4, -0.2) is 39.9 Å². The number of benzene rings is 2. The molecule has 0 saturated heterocycles. The number of thioether (sulfide) groups is 1. The minimum Gasteiger partial charge on any atom is -0.339 e. The summed E-state index contributed by atoms with van der Waals surface area (Å²) in [6.07, 6.45) is 0. The van der Waals surface area contributed by atoms with Crippen molar-refractivity contribution in [1.82, 2.24) is 14.7 Å². The van der Waals surface area contributed by atoms with Gasteiger partial charge in [0.25, 0.3) is 11.1 Å². The van der Waals surface area contributed by atoms with Gasteiger partial charge in [0.05, 0.1) is 17.8 Å². The number of nitrogens with zero attached hydrogens (tertiary/aromatic N) is 3. The first-order valence-corrected chi connectivity index (χ1v) is 10.2. The summed E-state index contributed by atoms with van der Waals surface area (Å²) >= 11 is 7.51. The Hall–Kier alpha value is -2.84. The Labute approximate surface area is 183 Å². The average Bonchev–Trinajstić information content (AvgIpc) is 2.98. The van der Waals surface area contributed by atoms with Crippen LogP contribution in [0.15, 0.2) is 53.4 Å². The van der Waals surface area contributed by atoms with E-state index in [0.29, 0.717) is 17.9 Å². The quantitative estimate of drug-likeness (QED) is 0.556. The monoisotopic (exact) mass is 446 g/mol. The molecule has 1 aromatic heterocycles. The fourth-order valence-electron chi connectivity index (χ4n) is 2.67. The van der Waals surface area contributed by atoms with Gasteiger partial charge in [-0.2, -0.15) is 5.10 Å². The second-order valence-electron chi connectivity index (χ2n) is 6.78. The van der Waals surface area contributed by atoms with Crippen molar-refractivity contribution in [3.63, 3.8) is 0 Å². The van der Waals surface area contributed by atoms with Crippen LogP contribution in [0.4, 0.5) is 14.9 Å². The van der Waals surface area contributed by atoms with Crippen LogP contribution in [0, 0.1) is 12.7 Å². The Balaban J connectivity index is 1.71. The molecule has 0 spiro atoms. The number of aryl methyl sites for hydroxylation is 1. The van der Waals surface area contributed by atoms with Crippen molar-refractivity contribution in [2.45, 2.75) is 18.4 Å². The van der Waals surface area contributed by atoms with Gasteiger partial charge in [-0.1, -0.05) is 23.7 Å². The molecule has 0 radical (unpaired) electrons. The van der Waals surface area contributed by atoms with Crippen LogP contribution in [-0.2, 0) is 6.54 Å². The largest absolute Gasteiger partial charge is 0.339 e. The maximum atomic E-state index is 13.1. The molecule has 0 atom stereocenters. The predicted octanol–water partition coefficient (Wildman–Crippen LogP) is 5.06. The standard InChI is InChI=1S/C21H20ClFN4O2S/c1-13-18(19(22)27(25-13)12-14-4-6-15(23)7-5-14)20(28)24-16-8-10-17(11-9-16)30-21(29)26(2)3/h4-11H,12H2,1-3H3,(H,24,28). The third kappa shape index (κ3) is 5.20. The number of carbonyl (C=O) groups excluding carboxylic acids is 2. The second kappa shape index (κ2) is 9.32. The smallest absolute Gasteiger partial charge is 0.285 e. The van der Waals surface area contributed by atoms with Crippen molar-refractivity contribution in [3.8, 4) is 0 Å². The van der Waals surface area contributed by atoms with Crippen LogP contribution in [0.25, 0.3) is 0 Å². The molecule has 0 saturated carbocycles. The van der Waals surface area contributed by atoms with Gasteiger partial charge in [-0.15, -0.1) is 0 Å². The zero-order valence-corrected chi connectivity index (χ0v) is 18.2. The highest BCUT2D eigenvalue weighted by atomic mass is 35.5. The van der Waals surface area contributed by atoms with Gasteiger partial charge in [-0.05, 0) is 60.6 Å². The SMILES string of the molecule is Cc1nn(Cc2ccc(F)cc2)c(Cl)c1C(=O)Nc1ccc(SC(=O)N(C)C)cc1. The third-order valence-electron chi connectivity index (χ3n) is 4.22. The molecule has 1 heterocycles. The fraction of sp³-hybridized carbons (Fsp3) is 0.190. The Morgan fingerprint density at radius 1 is 1.13 bits per heavy atom. The summed E-state index contributed by atoms with van der Waals surface area (Å²) in [7, 11) is 3.37. The Morgan fingerprint density at radius 2 is 1.77 bits per heavy atom. The molecule has 2 amide bonds. The van der Waals surface area contributed by atoms with Gasteiger partial charge in [-0.25, -0.2) is 9.07 Å². The van der Waals surface area contributed by atoms with Crippen LogP contribution in [0.1, 0.15) is 21.6 Å². The molecule has 0 unspecified atom stereocenters. The lowest BCUT2D eigenvalue weighted by Gasteiger charge is -2.10. The molecule has 156 valence electrons. The first kappa shape index (κ1) is 21.9. The van der Waals surface area contributed by atoms with E-state index in [1.54, 1.807) is 57.4 Å². The number of carbonyl (C=O) groups is 2. The molecule has 0 fully saturated rings. The number of aromatic nitrogens is 2. The highest BCUT2D eigenvalue weighted by Crippen LogP contribution is 2.25. The van der Waals surface area contributed by atoms with Gasteiger partial charge in [0, 0.05) is 24.7 Å². The van der Waals surface area contributed by atoms with Gasteiger partial charge in [0.15, 0.2) is 0 Å². The molecule has 3 aromatic rings. The van der Waals surface area contributed by atoms with Crippen molar-refractivity contribution in [1.29, 1.82) is 0 Å². The molecule has 30 heavy (non-hydrogen) atoms. The number of amides is 2. The molecule has 6 nitrogen and oxygen atoms in total. The fourth-order valence-corrected chi connectivity index (χ4v) is 3.65. The highest BCUT2D eigenvalue weighted by Gasteiger charge is 2.20. The minimum absolute atomic E-state index is 0.0808. The van der Waals surface area contributed by atoms with E-state index in [4.69, 9.17) is 11.6 Å². The van der Waals surface area contributed by atoms with Crippen molar-refractivity contribution in [2.24, 2.45) is 0 Å². The Bertz CT molecular complexity index is 1070. The molecule has 2 aromatic carbocycles. The topological polar surface area (TPSA) is 67.2 Å². The molecule has 0 aliphatic carbocycles. The van der Waals surface area contributed by atoms with Crippen LogP contribution in [0.5, 0.6) is 0 Å². The number of hydrogen-bond acceptors (Lipinski definition) is 4. The number of nitrogens with one attached hydrogen (secondary N) is 1. The van der Waals surface area contributed by atoms with Gasteiger partial charge in [-0.3, -0.25) is 9.59 Å². The molecule has 0 aliphatic rings. The Kier molecular flexibility index (Phi) is 6.79. The predicted molar refractivity (Wildman–Crippen MR) is 117 cm³/mol. The lowest BCUT2D eigenvalue weighted by Crippen LogP contribution is -2.16. The van der Waals surface area contributed by atoms with Crippen molar-refractivity contribution in [2.75, 3.05) is 19.4 Å². The summed E-state index contributed by atoms with van der Waals surface area (Å²) < 4.78 is 14.6. The van der Waals surface area contributed by atoms with E-state index in [0.717, 1.165) is 22.2 Å². The first-order valence-electron chi connectivity index (χ1n) is 9.02. The minimum atomic E-state index is -0.382. The number of halogens is 2. The summed E-state index contributed by atoms with van der Waals surface area (Å²) in [5.41, 5.74) is 2.15. The maximum absolute atomic E-state index is 13.1. The summed E-state index contributed by atoms with van der Waals surface area (Å²) in [6, 6.07) is 13.0. The van der Waals surface area contributed by atoms with Crippen molar-refractivity contribution >= 4 is 40.2 Å². The van der Waals surface area contributed by atoms with E-state index in [9.17, 15) is 14.0 Å². The lowest BCUT2D eigenvalue weighted by molar-refractivity contribution is 0.102. The van der Waals surface area contributed by atoms with E-state index in [-0.39, 0.29) is 27.7 Å². The van der Waals surface area contributed by atoms with Crippen LogP contribution in [0.3, 0.4) is 0 Å². The zero-order valence-electron chi connectivity index (χ0n) is 16.6. The van der Waals surface area contributed by atoms with Crippen molar-refractivity contribution in [3.05, 3.63) is 76.3 Å². The van der Waals surface area contributed by atoms with E-state index in [1.807, 2.05) is 0 Å². The van der Waals surface area contributed by atoms with Crippen LogP contribution < -0.4 is 5.32 Å². The summed E-state index contributed by atoms with van der Waals surface area (Å²) in [4.78, 5) is 26.8. The number of anilines is 1. The van der Waals surface area contributed by atoms with Gasteiger partial charge in [0.2, 0.25) is 0 Å². The highest BCUT2D eigenvalue weighted by molar-refractivity contribution is 8.13. The first-order chi connectivity index (χ1) is 14.2. The number of rotatable bonds is 5. The van der Waals surface area contributed by atoms with E-state index < -0.39 is 0 Å². The molecule has 3 rings (SSSR count). The van der Waals surface area contributed by atoms with Gasteiger partial charge in [0.1, 0.15) is 11.0 Å². The zero-order chi connectivity index (χ0) is 21.8. The lowest BCUT2D eigenvalue weighted by atomic mass is 10.2. The maximum Gasteiger partial charge on any atom is 0.285 e. The molecular formula is C21H20ClFN4O2S. The molecule has 0 bridgehead atoms. The van der Waals surface area contributed by atoms with Gasteiger partial charge >= 0.3 is 0 Å². The molecule has 0 aliphatic heterocycles. The summed E-state index contributed by atoms with van der Waals surface area (Å²) in [5, 5.41) is 7.26. The molecule has 1 N–H and O–H groups in total. The van der Waals surface area contributed by atoms with Crippen LogP contribution >= 0.6 is 23.4 Å². The Morgan fingerprint density at radius 3 is 2.37 bits per heavy atom. The second-order valence-corrected chi connectivity index (χ2v) is 8.16. The van der Waals surface area contributed by atoms with Crippen molar-refractivity contribution < 1.29 is 14.0 Å². The van der Waals surface area contributed by atoms with Crippen LogP contribution in [0.2, 0.25) is 5.15 Å². The third-order valence-corrected chi connectivity index (χ3v) is 5.65. The summed E-state index contributed by atoms with van der Waals surface area (Å²) in [5.74, 6) is -0.704. The van der Waals surface area contributed by atoms with E-state index in [2.05, 4.69) is 10.4 Å². The normalized spacial score (nSPS) is 10.7. The summed E-state index contributed by atoms with van der Waals surface area (Å²) in [6.45, 7) is 2.02. The van der Waals surface area contributed by atoms with E-state index >= 15 is 0 Å². The molecule has 9 heteroatoms. The van der Waals surface area contributed by atoms with E-state index in [1.165, 1.54) is 21.7 Å². The number of hydrogen-bond donors (Lipinski definition) is 1. The van der Waals surface area contributed by atoms with Gasteiger partial charge < -0.3 is 10.2 Å².